The summed E-state index contributed by atoms with van der Waals surface area (Å²) in [6, 6.07) is 0. The molecular formula is C15H27NO2. The average molecular weight is 253 g/mol. The van der Waals surface area contributed by atoms with Crippen LogP contribution in [0.5, 0.6) is 0 Å². The normalized spacial score (nSPS) is 34.1. The highest BCUT2D eigenvalue weighted by atomic mass is 16.5. The van der Waals surface area contributed by atoms with Crippen molar-refractivity contribution in [3.05, 3.63) is 0 Å². The van der Waals surface area contributed by atoms with Gasteiger partial charge in [-0.15, -0.1) is 0 Å². The first-order valence-corrected chi connectivity index (χ1v) is 7.51. The lowest BCUT2D eigenvalue weighted by molar-refractivity contribution is -0.139. The van der Waals surface area contributed by atoms with Crippen LogP contribution in [0.25, 0.3) is 0 Å². The smallest absolute Gasteiger partial charge is 0.228 e. The molecule has 0 N–H and O–H groups in total. The van der Waals surface area contributed by atoms with Gasteiger partial charge in [0.1, 0.15) is 0 Å². The molecule has 2 fully saturated rings. The molecule has 0 aromatic heterocycles. The van der Waals surface area contributed by atoms with Crippen LogP contribution < -0.4 is 0 Å². The summed E-state index contributed by atoms with van der Waals surface area (Å²) in [6.07, 6.45) is 6.85. The molecule has 0 saturated carbocycles. The molecule has 1 amide bonds. The van der Waals surface area contributed by atoms with Crippen molar-refractivity contribution in [1.29, 1.82) is 0 Å². The van der Waals surface area contributed by atoms with Gasteiger partial charge in [-0.2, -0.15) is 0 Å². The van der Waals surface area contributed by atoms with E-state index in [-0.39, 0.29) is 5.92 Å². The molecule has 3 heteroatoms. The highest BCUT2D eigenvalue weighted by Crippen LogP contribution is 2.34. The zero-order valence-electron chi connectivity index (χ0n) is 11.9. The summed E-state index contributed by atoms with van der Waals surface area (Å²) in [5, 5.41) is 0. The van der Waals surface area contributed by atoms with Crippen LogP contribution in [-0.4, -0.2) is 37.1 Å². The summed E-state index contributed by atoms with van der Waals surface area (Å²) in [7, 11) is 0. The fourth-order valence-corrected chi connectivity index (χ4v) is 3.11. The third-order valence-corrected chi connectivity index (χ3v) is 4.87. The molecule has 104 valence electrons. The van der Waals surface area contributed by atoms with Gasteiger partial charge in [-0.1, -0.05) is 20.3 Å². The Morgan fingerprint density at radius 1 is 1.33 bits per heavy atom. The van der Waals surface area contributed by atoms with Crippen molar-refractivity contribution in [2.45, 2.75) is 52.4 Å². The minimum atomic E-state index is 0.129. The number of nitrogens with zero attached hydrogens (tertiary/aromatic N) is 1. The zero-order valence-corrected chi connectivity index (χ0v) is 11.9. The summed E-state index contributed by atoms with van der Waals surface area (Å²) < 4.78 is 5.44. The van der Waals surface area contributed by atoms with E-state index >= 15 is 0 Å². The quantitative estimate of drug-likeness (QED) is 0.757. The van der Waals surface area contributed by atoms with E-state index in [1.807, 2.05) is 0 Å². The maximum absolute atomic E-state index is 12.5. The summed E-state index contributed by atoms with van der Waals surface area (Å²) in [4.78, 5) is 14.5. The molecule has 0 spiro atoms. The predicted octanol–water partition coefficient (Wildman–Crippen LogP) is 2.84. The van der Waals surface area contributed by atoms with Crippen molar-refractivity contribution in [1.82, 2.24) is 4.90 Å². The first-order chi connectivity index (χ1) is 8.64. The van der Waals surface area contributed by atoms with E-state index in [4.69, 9.17) is 4.74 Å². The van der Waals surface area contributed by atoms with E-state index in [0.29, 0.717) is 17.9 Å². The summed E-state index contributed by atoms with van der Waals surface area (Å²) in [5.41, 5.74) is 0.443. The molecular weight excluding hydrogens is 226 g/mol. The Kier molecular flexibility index (Phi) is 4.66. The van der Waals surface area contributed by atoms with E-state index in [9.17, 15) is 4.79 Å². The van der Waals surface area contributed by atoms with Crippen LogP contribution in [0.1, 0.15) is 52.4 Å². The highest BCUT2D eigenvalue weighted by molar-refractivity contribution is 5.79. The fraction of sp³-hybridized carbons (Fsp3) is 0.933. The van der Waals surface area contributed by atoms with E-state index < -0.39 is 0 Å². The fourth-order valence-electron chi connectivity index (χ4n) is 3.11. The molecule has 2 heterocycles. The Labute approximate surface area is 111 Å². The van der Waals surface area contributed by atoms with Crippen LogP contribution >= 0.6 is 0 Å². The van der Waals surface area contributed by atoms with Crippen molar-refractivity contribution in [2.75, 3.05) is 26.3 Å². The van der Waals surface area contributed by atoms with Gasteiger partial charge < -0.3 is 9.64 Å². The van der Waals surface area contributed by atoms with Crippen molar-refractivity contribution in [3.63, 3.8) is 0 Å². The zero-order chi connectivity index (χ0) is 13.0. The van der Waals surface area contributed by atoms with Crippen LogP contribution in [0, 0.1) is 11.3 Å². The van der Waals surface area contributed by atoms with Gasteiger partial charge >= 0.3 is 0 Å². The Hall–Kier alpha value is -0.570. The van der Waals surface area contributed by atoms with Crippen molar-refractivity contribution < 1.29 is 9.53 Å². The number of carbonyl (C=O) groups excluding carboxylic acids is 1. The number of likely N-dealkylation sites (tertiary alicyclic amines) is 1. The molecule has 2 saturated heterocycles. The SMILES string of the molecule is CCC1(C)CCCN(C(=O)C2CCCOC2)CC1. The van der Waals surface area contributed by atoms with Crippen LogP contribution in [0.2, 0.25) is 0 Å². The Bertz CT molecular complexity index is 286. The summed E-state index contributed by atoms with van der Waals surface area (Å²) in [6.45, 7) is 8.00. The molecule has 2 atom stereocenters. The number of hydrogen-bond acceptors (Lipinski definition) is 2. The second-order valence-corrected chi connectivity index (χ2v) is 6.26. The van der Waals surface area contributed by atoms with Crippen molar-refractivity contribution in [3.8, 4) is 0 Å². The Morgan fingerprint density at radius 3 is 2.83 bits per heavy atom. The van der Waals surface area contributed by atoms with Gasteiger partial charge in [-0.3, -0.25) is 4.79 Å². The minimum absolute atomic E-state index is 0.129. The van der Waals surface area contributed by atoms with Crippen molar-refractivity contribution in [2.24, 2.45) is 11.3 Å². The van der Waals surface area contributed by atoms with Gasteiger partial charge in [0, 0.05) is 19.7 Å². The van der Waals surface area contributed by atoms with E-state index in [1.54, 1.807) is 0 Å². The van der Waals surface area contributed by atoms with E-state index in [0.717, 1.165) is 45.4 Å². The topological polar surface area (TPSA) is 29.5 Å². The molecule has 0 aromatic carbocycles. The molecule has 2 aliphatic rings. The lowest BCUT2D eigenvalue weighted by Crippen LogP contribution is -2.40. The lowest BCUT2D eigenvalue weighted by atomic mass is 9.80. The standard InChI is InChI=1S/C15H27NO2/c1-3-15(2)7-5-9-16(10-8-15)14(17)13-6-4-11-18-12-13/h13H,3-12H2,1-2H3. The van der Waals surface area contributed by atoms with Gasteiger partial charge in [0.25, 0.3) is 0 Å². The van der Waals surface area contributed by atoms with Gasteiger partial charge in [-0.25, -0.2) is 0 Å². The highest BCUT2D eigenvalue weighted by Gasteiger charge is 2.31. The van der Waals surface area contributed by atoms with Gasteiger partial charge in [0.15, 0.2) is 0 Å². The average Bonchev–Trinajstić information content (AvgIpc) is 2.62. The first-order valence-electron chi connectivity index (χ1n) is 7.51. The molecule has 2 unspecified atom stereocenters. The third kappa shape index (κ3) is 3.25. The molecule has 2 aliphatic heterocycles. The maximum Gasteiger partial charge on any atom is 0.228 e. The first kappa shape index (κ1) is 13.9. The lowest BCUT2D eigenvalue weighted by Gasteiger charge is -2.29. The van der Waals surface area contributed by atoms with Crippen LogP contribution in [0.15, 0.2) is 0 Å². The molecule has 3 nitrogen and oxygen atoms in total. The van der Waals surface area contributed by atoms with Crippen LogP contribution in [0.3, 0.4) is 0 Å². The van der Waals surface area contributed by atoms with Crippen molar-refractivity contribution >= 4 is 5.91 Å². The molecule has 0 radical (unpaired) electrons. The van der Waals surface area contributed by atoms with Gasteiger partial charge in [-0.05, 0) is 37.5 Å². The van der Waals surface area contributed by atoms with Crippen LogP contribution in [0.4, 0.5) is 0 Å². The van der Waals surface area contributed by atoms with E-state index in [2.05, 4.69) is 18.7 Å². The van der Waals surface area contributed by atoms with Gasteiger partial charge in [0.2, 0.25) is 5.91 Å². The van der Waals surface area contributed by atoms with E-state index in [1.165, 1.54) is 12.8 Å². The Morgan fingerprint density at radius 2 is 2.17 bits per heavy atom. The number of hydrogen-bond donors (Lipinski definition) is 0. The number of carbonyl (C=O) groups is 1. The second-order valence-electron chi connectivity index (χ2n) is 6.26. The second kappa shape index (κ2) is 6.05. The molecule has 0 aromatic rings. The monoisotopic (exact) mass is 253 g/mol. The maximum atomic E-state index is 12.5. The number of ether oxygens (including phenoxy) is 1. The summed E-state index contributed by atoms with van der Waals surface area (Å²) >= 11 is 0. The predicted molar refractivity (Wildman–Crippen MR) is 72.4 cm³/mol. The molecule has 0 bridgehead atoms. The summed E-state index contributed by atoms with van der Waals surface area (Å²) in [5.74, 6) is 0.472. The van der Waals surface area contributed by atoms with Gasteiger partial charge in [0.05, 0.1) is 12.5 Å². The molecule has 2 rings (SSSR count). The van der Waals surface area contributed by atoms with Crippen LogP contribution in [-0.2, 0) is 9.53 Å². The molecule has 18 heavy (non-hydrogen) atoms. The third-order valence-electron chi connectivity index (χ3n) is 4.87. The number of rotatable bonds is 2. The molecule has 0 aliphatic carbocycles. The minimum Gasteiger partial charge on any atom is -0.381 e. The number of amides is 1. The largest absolute Gasteiger partial charge is 0.381 e. The Balaban J connectivity index is 1.90.